The van der Waals surface area contributed by atoms with E-state index in [9.17, 15) is 9.90 Å². The first-order valence-electron chi connectivity index (χ1n) is 9.30. The minimum absolute atomic E-state index is 0.313. The van der Waals surface area contributed by atoms with Crippen molar-refractivity contribution in [3.8, 4) is 11.5 Å². The molecule has 138 valence electrons. The highest BCUT2D eigenvalue weighted by Crippen LogP contribution is 2.30. The maximum Gasteiger partial charge on any atom is 0.308 e. The highest BCUT2D eigenvalue weighted by atomic mass is 16.5. The number of esters is 1. The fourth-order valence-electron chi connectivity index (χ4n) is 3.81. The van der Waals surface area contributed by atoms with Crippen LogP contribution in [-0.4, -0.2) is 30.9 Å². The van der Waals surface area contributed by atoms with Crippen molar-refractivity contribution in [2.75, 3.05) is 13.6 Å². The summed E-state index contributed by atoms with van der Waals surface area (Å²) in [5.41, 5.74) is 4.09. The van der Waals surface area contributed by atoms with Crippen LogP contribution in [0.15, 0.2) is 35.3 Å². The zero-order valence-corrected chi connectivity index (χ0v) is 15.7. The summed E-state index contributed by atoms with van der Waals surface area (Å²) < 4.78 is 7.30. The van der Waals surface area contributed by atoms with E-state index in [2.05, 4.69) is 22.7 Å². The largest absolute Gasteiger partial charge is 0.505 e. The van der Waals surface area contributed by atoms with E-state index in [1.807, 2.05) is 30.5 Å². The third kappa shape index (κ3) is 3.37. The average molecular weight is 363 g/mol. The Kier molecular flexibility index (Phi) is 4.52. The molecule has 0 amide bonds. The summed E-state index contributed by atoms with van der Waals surface area (Å²) in [5, 5.41) is 13.0. The van der Waals surface area contributed by atoms with Gasteiger partial charge in [-0.25, -0.2) is 4.58 Å². The molecule has 2 heterocycles. The summed E-state index contributed by atoms with van der Waals surface area (Å²) >= 11 is 0. The molecule has 0 spiro atoms. The van der Waals surface area contributed by atoms with Gasteiger partial charge in [0, 0.05) is 31.2 Å². The minimum atomic E-state index is -0.313. The summed E-state index contributed by atoms with van der Waals surface area (Å²) in [4.78, 5) is 15.4. The van der Waals surface area contributed by atoms with Gasteiger partial charge in [0.2, 0.25) is 5.36 Å². The molecule has 2 aliphatic heterocycles. The highest BCUT2D eigenvalue weighted by molar-refractivity contribution is 6.07. The fraction of sp³-hybridized carbons (Fsp3) is 0.318. The number of carbonyl (C=O) groups is 1. The standard InChI is InChI=1S/C22H22N2O3/c1-14(25)27-18-8-6-15(7-9-18)4-3-5-16-12-19-20-17(10-11-24(19)2)13-23-21(20)22(16)26/h6-9,12-13H,3-5,10-11H2,1-2H3/p+1. The molecule has 0 saturated heterocycles. The van der Waals surface area contributed by atoms with E-state index >= 15 is 0 Å². The zero-order valence-electron chi connectivity index (χ0n) is 15.7. The van der Waals surface area contributed by atoms with Crippen molar-refractivity contribution in [2.24, 2.45) is 4.99 Å². The normalized spacial score (nSPS) is 14.4. The van der Waals surface area contributed by atoms with Crippen molar-refractivity contribution < 1.29 is 14.6 Å². The van der Waals surface area contributed by atoms with Crippen LogP contribution in [0.25, 0.3) is 5.57 Å². The third-order valence-electron chi connectivity index (χ3n) is 5.23. The lowest BCUT2D eigenvalue weighted by molar-refractivity contribution is -0.131. The summed E-state index contributed by atoms with van der Waals surface area (Å²) in [6.07, 6.45) is 5.47. The number of phenolic OH excluding ortho intramolecular Hbond substituents is 1. The number of aryl methyl sites for hydroxylation is 2. The molecular weight excluding hydrogens is 340 g/mol. The average Bonchev–Trinajstić information content (AvgIpc) is 3.07. The molecule has 0 saturated carbocycles. The van der Waals surface area contributed by atoms with Gasteiger partial charge in [0.25, 0.3) is 0 Å². The molecule has 2 aromatic carbocycles. The lowest BCUT2D eigenvalue weighted by Gasteiger charge is -2.10. The van der Waals surface area contributed by atoms with E-state index < -0.39 is 0 Å². The number of aromatic hydroxyl groups is 1. The smallest absolute Gasteiger partial charge is 0.308 e. The van der Waals surface area contributed by atoms with E-state index in [0.29, 0.717) is 11.5 Å². The first kappa shape index (κ1) is 17.5. The monoisotopic (exact) mass is 363 g/mol. The van der Waals surface area contributed by atoms with Crippen molar-refractivity contribution in [3.05, 3.63) is 52.0 Å². The van der Waals surface area contributed by atoms with Crippen LogP contribution in [0.2, 0.25) is 0 Å². The molecule has 0 bridgehead atoms. The molecule has 0 aliphatic carbocycles. The second-order valence-electron chi connectivity index (χ2n) is 7.17. The number of aliphatic imine (C=N–C) groups is 1. The molecule has 4 rings (SSSR count). The molecule has 0 radical (unpaired) electrons. The van der Waals surface area contributed by atoms with Crippen LogP contribution in [0.4, 0.5) is 5.69 Å². The summed E-state index contributed by atoms with van der Waals surface area (Å²) in [6.45, 7) is 2.37. The Morgan fingerprint density at radius 1 is 1.26 bits per heavy atom. The van der Waals surface area contributed by atoms with Crippen LogP contribution >= 0.6 is 0 Å². The Bertz CT molecular complexity index is 1070. The van der Waals surface area contributed by atoms with Crippen LogP contribution in [0.1, 0.15) is 30.9 Å². The number of hydrogen-bond acceptors (Lipinski definition) is 4. The Hall–Kier alpha value is -2.95. The predicted octanol–water partition coefficient (Wildman–Crippen LogP) is 1.88. The van der Waals surface area contributed by atoms with Gasteiger partial charge in [-0.3, -0.25) is 9.79 Å². The van der Waals surface area contributed by atoms with Crippen LogP contribution in [0, 0.1) is 0 Å². The predicted molar refractivity (Wildman–Crippen MR) is 105 cm³/mol. The van der Waals surface area contributed by atoms with Gasteiger partial charge < -0.3 is 9.84 Å². The molecule has 1 N–H and O–H groups in total. The molecule has 0 aromatic heterocycles. The van der Waals surface area contributed by atoms with Gasteiger partial charge in [-0.05, 0) is 42.5 Å². The maximum atomic E-state index is 11.0. The molecule has 27 heavy (non-hydrogen) atoms. The van der Waals surface area contributed by atoms with Gasteiger partial charge >= 0.3 is 5.97 Å². The number of nitrogens with zero attached hydrogens (tertiary/aromatic N) is 2. The van der Waals surface area contributed by atoms with Crippen LogP contribution < -0.4 is 19.9 Å². The van der Waals surface area contributed by atoms with E-state index in [0.717, 1.165) is 48.7 Å². The number of phenols is 1. The first-order chi connectivity index (χ1) is 13.0. The molecule has 5 heteroatoms. The van der Waals surface area contributed by atoms with Crippen molar-refractivity contribution in [3.63, 3.8) is 0 Å². The molecule has 5 nitrogen and oxygen atoms in total. The molecule has 0 unspecified atom stereocenters. The van der Waals surface area contributed by atoms with Crippen LogP contribution in [0.3, 0.4) is 0 Å². The summed E-state index contributed by atoms with van der Waals surface area (Å²) in [5.74, 6) is 0.571. The van der Waals surface area contributed by atoms with Gasteiger partial charge in [-0.2, -0.15) is 0 Å². The molecular formula is C22H23N2O3+. The van der Waals surface area contributed by atoms with Crippen molar-refractivity contribution in [1.82, 2.24) is 4.58 Å². The number of rotatable bonds is 5. The molecule has 0 fully saturated rings. The van der Waals surface area contributed by atoms with Crippen molar-refractivity contribution in [2.45, 2.75) is 32.6 Å². The van der Waals surface area contributed by atoms with Crippen LogP contribution in [0.5, 0.6) is 11.5 Å². The Balaban J connectivity index is 1.50. The lowest BCUT2D eigenvalue weighted by atomic mass is 9.99. The fourth-order valence-corrected chi connectivity index (χ4v) is 3.81. The number of hydrogen-bond donors (Lipinski definition) is 1. The van der Waals surface area contributed by atoms with E-state index in [1.165, 1.54) is 23.4 Å². The van der Waals surface area contributed by atoms with Gasteiger partial charge in [-0.1, -0.05) is 12.1 Å². The lowest BCUT2D eigenvalue weighted by Crippen LogP contribution is -2.43. The quantitative estimate of drug-likeness (QED) is 0.501. The molecule has 2 aliphatic rings. The van der Waals surface area contributed by atoms with Crippen molar-refractivity contribution in [1.29, 1.82) is 0 Å². The maximum absolute atomic E-state index is 11.0. The van der Waals surface area contributed by atoms with Gasteiger partial charge in [0.15, 0.2) is 0 Å². The number of benzene rings is 2. The highest BCUT2D eigenvalue weighted by Gasteiger charge is 2.23. The minimum Gasteiger partial charge on any atom is -0.505 e. The number of carbonyl (C=O) groups excluding carboxylic acids is 1. The van der Waals surface area contributed by atoms with E-state index in [-0.39, 0.29) is 5.97 Å². The summed E-state index contributed by atoms with van der Waals surface area (Å²) in [6, 6.07) is 9.70. The van der Waals surface area contributed by atoms with E-state index in [4.69, 9.17) is 4.74 Å². The molecule has 0 atom stereocenters. The first-order valence-corrected chi connectivity index (χ1v) is 9.30. The van der Waals surface area contributed by atoms with E-state index in [1.54, 1.807) is 0 Å². The number of ether oxygens (including phenoxy) is 1. The second-order valence-corrected chi connectivity index (χ2v) is 7.17. The topological polar surface area (TPSA) is 61.9 Å². The third-order valence-corrected chi connectivity index (χ3v) is 5.23. The summed E-state index contributed by atoms with van der Waals surface area (Å²) in [7, 11) is 2.09. The molecule has 2 aromatic rings. The van der Waals surface area contributed by atoms with Gasteiger partial charge in [-0.15, -0.1) is 0 Å². The SMILES string of the molecule is CC(=O)Oc1ccc(CCCc2cc3c4c(c2O)N=CC=4CC[N+]=3C)cc1. The second kappa shape index (κ2) is 6.99. The van der Waals surface area contributed by atoms with Gasteiger partial charge in [0.05, 0.1) is 5.22 Å². The Labute approximate surface area is 158 Å². The van der Waals surface area contributed by atoms with Crippen LogP contribution in [-0.2, 0) is 17.6 Å². The Morgan fingerprint density at radius 2 is 2.04 bits per heavy atom. The zero-order chi connectivity index (χ0) is 19.0. The van der Waals surface area contributed by atoms with Crippen molar-refractivity contribution >= 4 is 23.4 Å². The van der Waals surface area contributed by atoms with Gasteiger partial charge in [0.1, 0.15) is 30.8 Å². The Morgan fingerprint density at radius 3 is 2.78 bits per heavy atom.